The minimum absolute atomic E-state index is 0.176. The first kappa shape index (κ1) is 11.6. The number of nitrogen functional groups attached to an aromatic ring is 1. The second-order valence-corrected chi connectivity index (χ2v) is 4.86. The summed E-state index contributed by atoms with van der Waals surface area (Å²) >= 11 is 0. The number of hydrogen-bond donors (Lipinski definition) is 2. The standard InChI is InChI=1S/C14H14N4O/c1-7(2)13-17-10-4-3-9-8(5-6-16-12(9)15)11(10)14(19)18-13/h3-7H,1-2H3,(H2,15,16)(H,17,18,19). The van der Waals surface area contributed by atoms with Gasteiger partial charge in [0.05, 0.1) is 10.9 Å². The van der Waals surface area contributed by atoms with Gasteiger partial charge in [0.25, 0.3) is 5.56 Å². The minimum Gasteiger partial charge on any atom is -0.383 e. The monoisotopic (exact) mass is 254 g/mol. The number of nitrogens with two attached hydrogens (primary N) is 1. The number of nitrogens with one attached hydrogen (secondary N) is 1. The van der Waals surface area contributed by atoms with Gasteiger partial charge in [0.15, 0.2) is 0 Å². The van der Waals surface area contributed by atoms with Crippen LogP contribution in [0.3, 0.4) is 0 Å². The van der Waals surface area contributed by atoms with Crippen molar-refractivity contribution in [3.05, 3.63) is 40.6 Å². The van der Waals surface area contributed by atoms with Crippen LogP contribution in [-0.4, -0.2) is 15.0 Å². The van der Waals surface area contributed by atoms with Crippen LogP contribution in [0.4, 0.5) is 5.82 Å². The SMILES string of the molecule is CC(C)c1nc(=O)c2c(ccc3c(N)nccc32)[nH]1. The molecule has 0 aliphatic rings. The number of fused-ring (bicyclic) bond motifs is 3. The molecule has 0 aliphatic heterocycles. The number of rotatable bonds is 1. The average Bonchev–Trinajstić information content (AvgIpc) is 2.38. The zero-order chi connectivity index (χ0) is 13.6. The molecule has 1 aromatic carbocycles. The van der Waals surface area contributed by atoms with Crippen molar-refractivity contribution >= 4 is 27.5 Å². The van der Waals surface area contributed by atoms with E-state index < -0.39 is 0 Å². The highest BCUT2D eigenvalue weighted by Crippen LogP contribution is 2.24. The second kappa shape index (κ2) is 4.05. The molecule has 0 bridgehead atoms. The summed E-state index contributed by atoms with van der Waals surface area (Å²) in [6.07, 6.45) is 1.60. The van der Waals surface area contributed by atoms with E-state index in [4.69, 9.17) is 5.73 Å². The van der Waals surface area contributed by atoms with Gasteiger partial charge in [-0.15, -0.1) is 0 Å². The number of nitrogens with zero attached hydrogens (tertiary/aromatic N) is 2. The summed E-state index contributed by atoms with van der Waals surface area (Å²) in [5.41, 5.74) is 6.38. The average molecular weight is 254 g/mol. The molecule has 0 amide bonds. The molecule has 96 valence electrons. The normalized spacial score (nSPS) is 11.5. The Kier molecular flexibility index (Phi) is 2.48. The van der Waals surface area contributed by atoms with Crippen LogP contribution in [0.5, 0.6) is 0 Å². The molecule has 0 radical (unpaired) electrons. The fourth-order valence-corrected chi connectivity index (χ4v) is 2.22. The largest absolute Gasteiger partial charge is 0.383 e. The number of pyridine rings is 1. The predicted octanol–water partition coefficient (Wildman–Crippen LogP) is 2.18. The van der Waals surface area contributed by atoms with Gasteiger partial charge < -0.3 is 10.7 Å². The van der Waals surface area contributed by atoms with E-state index in [9.17, 15) is 4.79 Å². The molecule has 0 saturated carbocycles. The lowest BCUT2D eigenvalue weighted by Gasteiger charge is -2.08. The van der Waals surface area contributed by atoms with Gasteiger partial charge in [-0.05, 0) is 18.2 Å². The first-order valence-electron chi connectivity index (χ1n) is 6.15. The van der Waals surface area contributed by atoms with Crippen molar-refractivity contribution in [2.75, 3.05) is 5.73 Å². The zero-order valence-corrected chi connectivity index (χ0v) is 10.8. The van der Waals surface area contributed by atoms with E-state index in [1.54, 1.807) is 12.3 Å². The van der Waals surface area contributed by atoms with E-state index >= 15 is 0 Å². The maximum absolute atomic E-state index is 12.2. The molecule has 0 unspecified atom stereocenters. The molecule has 5 nitrogen and oxygen atoms in total. The Morgan fingerprint density at radius 1 is 1.21 bits per heavy atom. The molecular formula is C14H14N4O. The van der Waals surface area contributed by atoms with Gasteiger partial charge in [0, 0.05) is 22.9 Å². The van der Waals surface area contributed by atoms with Crippen LogP contribution >= 0.6 is 0 Å². The van der Waals surface area contributed by atoms with Crippen LogP contribution in [-0.2, 0) is 0 Å². The molecule has 0 fully saturated rings. The van der Waals surface area contributed by atoms with E-state index in [-0.39, 0.29) is 11.5 Å². The summed E-state index contributed by atoms with van der Waals surface area (Å²) in [5, 5.41) is 2.13. The van der Waals surface area contributed by atoms with Gasteiger partial charge in [-0.25, -0.2) is 4.98 Å². The van der Waals surface area contributed by atoms with E-state index in [1.165, 1.54) is 0 Å². The number of aromatic nitrogens is 3. The molecule has 3 aromatic rings. The lowest BCUT2D eigenvalue weighted by atomic mass is 10.1. The van der Waals surface area contributed by atoms with Gasteiger partial charge in [-0.1, -0.05) is 13.8 Å². The molecular weight excluding hydrogens is 240 g/mol. The highest BCUT2D eigenvalue weighted by atomic mass is 16.1. The Hall–Kier alpha value is -2.43. The third kappa shape index (κ3) is 1.74. The first-order valence-corrected chi connectivity index (χ1v) is 6.15. The fraction of sp³-hybridized carbons (Fsp3) is 0.214. The Labute approximate surface area is 109 Å². The Morgan fingerprint density at radius 2 is 2.00 bits per heavy atom. The zero-order valence-electron chi connectivity index (χ0n) is 10.8. The van der Waals surface area contributed by atoms with E-state index in [0.717, 1.165) is 16.3 Å². The van der Waals surface area contributed by atoms with Gasteiger partial charge in [-0.3, -0.25) is 4.79 Å². The number of anilines is 1. The molecule has 3 N–H and O–H groups in total. The third-order valence-corrected chi connectivity index (χ3v) is 3.22. The van der Waals surface area contributed by atoms with Crippen molar-refractivity contribution < 1.29 is 0 Å². The first-order chi connectivity index (χ1) is 9.08. The summed E-state index contributed by atoms with van der Waals surface area (Å²) in [5.74, 6) is 1.29. The molecule has 0 spiro atoms. The number of hydrogen-bond acceptors (Lipinski definition) is 4. The van der Waals surface area contributed by atoms with E-state index in [1.807, 2.05) is 26.0 Å². The molecule has 2 heterocycles. The molecule has 3 rings (SSSR count). The van der Waals surface area contributed by atoms with E-state index in [0.29, 0.717) is 17.0 Å². The maximum atomic E-state index is 12.2. The van der Waals surface area contributed by atoms with Crippen molar-refractivity contribution in [2.45, 2.75) is 19.8 Å². The lowest BCUT2D eigenvalue weighted by Crippen LogP contribution is -2.13. The minimum atomic E-state index is -0.228. The van der Waals surface area contributed by atoms with E-state index in [2.05, 4.69) is 15.0 Å². The Bertz CT molecular complexity index is 836. The Morgan fingerprint density at radius 3 is 2.74 bits per heavy atom. The quantitative estimate of drug-likeness (QED) is 0.652. The van der Waals surface area contributed by atoms with Crippen molar-refractivity contribution in [1.82, 2.24) is 15.0 Å². The number of benzene rings is 1. The van der Waals surface area contributed by atoms with Crippen LogP contribution in [0.25, 0.3) is 21.7 Å². The molecule has 0 aliphatic carbocycles. The van der Waals surface area contributed by atoms with Crippen LogP contribution in [0.2, 0.25) is 0 Å². The topological polar surface area (TPSA) is 84.7 Å². The van der Waals surface area contributed by atoms with Crippen molar-refractivity contribution in [3.63, 3.8) is 0 Å². The molecule has 19 heavy (non-hydrogen) atoms. The summed E-state index contributed by atoms with van der Waals surface area (Å²) < 4.78 is 0. The van der Waals surface area contributed by atoms with Gasteiger partial charge in [0.1, 0.15) is 11.6 Å². The highest BCUT2D eigenvalue weighted by Gasteiger charge is 2.11. The van der Waals surface area contributed by atoms with Crippen LogP contribution in [0.15, 0.2) is 29.2 Å². The second-order valence-electron chi connectivity index (χ2n) is 4.86. The highest BCUT2D eigenvalue weighted by molar-refractivity contribution is 6.08. The third-order valence-electron chi connectivity index (χ3n) is 3.22. The van der Waals surface area contributed by atoms with Crippen molar-refractivity contribution in [3.8, 4) is 0 Å². The van der Waals surface area contributed by atoms with Gasteiger partial charge >= 0.3 is 0 Å². The maximum Gasteiger partial charge on any atom is 0.281 e. The van der Waals surface area contributed by atoms with Crippen molar-refractivity contribution in [2.24, 2.45) is 0 Å². The summed E-state index contributed by atoms with van der Waals surface area (Å²) in [7, 11) is 0. The Balaban J connectivity index is 2.50. The van der Waals surface area contributed by atoms with Crippen LogP contribution in [0.1, 0.15) is 25.6 Å². The lowest BCUT2D eigenvalue weighted by molar-refractivity contribution is 0.777. The summed E-state index contributed by atoms with van der Waals surface area (Å²) in [6.45, 7) is 3.99. The molecule has 0 saturated heterocycles. The summed E-state index contributed by atoms with van der Waals surface area (Å²) in [4.78, 5) is 23.6. The number of H-pyrrole nitrogens is 1. The predicted molar refractivity (Wildman–Crippen MR) is 76.2 cm³/mol. The smallest absolute Gasteiger partial charge is 0.281 e. The molecule has 5 heteroatoms. The van der Waals surface area contributed by atoms with Crippen molar-refractivity contribution in [1.29, 1.82) is 0 Å². The van der Waals surface area contributed by atoms with Gasteiger partial charge in [0.2, 0.25) is 0 Å². The van der Waals surface area contributed by atoms with Gasteiger partial charge in [-0.2, -0.15) is 4.98 Å². The number of aromatic amines is 1. The molecule has 2 aromatic heterocycles. The summed E-state index contributed by atoms with van der Waals surface area (Å²) in [6, 6.07) is 5.52. The van der Waals surface area contributed by atoms with Crippen LogP contribution < -0.4 is 11.3 Å². The molecule has 0 atom stereocenters. The fourth-order valence-electron chi connectivity index (χ4n) is 2.22. The van der Waals surface area contributed by atoms with Crippen LogP contribution in [0, 0.1) is 0 Å².